The lowest BCUT2D eigenvalue weighted by Crippen LogP contribution is -1.87. The lowest BCUT2D eigenvalue weighted by Gasteiger charge is -2.03. The average Bonchev–Trinajstić information content (AvgIpc) is 2.19. The standard InChI is InChI=1S/C10H7IN2O/c11-8-2-1-3-9(6-8)14-10-4-5-12-7-13-10/h1-7H. The maximum atomic E-state index is 5.50. The summed E-state index contributed by atoms with van der Waals surface area (Å²) in [6.45, 7) is 0. The lowest BCUT2D eigenvalue weighted by molar-refractivity contribution is 0.461. The molecule has 4 heteroatoms. The van der Waals surface area contributed by atoms with Crippen LogP contribution in [0.15, 0.2) is 42.9 Å². The van der Waals surface area contributed by atoms with Gasteiger partial charge in [-0.2, -0.15) is 0 Å². The molecule has 0 amide bonds. The van der Waals surface area contributed by atoms with Crippen molar-refractivity contribution in [3.05, 3.63) is 46.4 Å². The number of halogens is 1. The van der Waals surface area contributed by atoms with Crippen LogP contribution in [-0.4, -0.2) is 9.97 Å². The highest BCUT2D eigenvalue weighted by molar-refractivity contribution is 14.1. The van der Waals surface area contributed by atoms with Gasteiger partial charge in [-0.3, -0.25) is 0 Å². The minimum absolute atomic E-state index is 0.557. The summed E-state index contributed by atoms with van der Waals surface area (Å²) in [4.78, 5) is 7.78. The first-order valence-electron chi connectivity index (χ1n) is 4.04. The van der Waals surface area contributed by atoms with Gasteiger partial charge in [0.25, 0.3) is 0 Å². The van der Waals surface area contributed by atoms with E-state index in [1.807, 2.05) is 24.3 Å². The van der Waals surface area contributed by atoms with Crippen LogP contribution >= 0.6 is 22.6 Å². The summed E-state index contributed by atoms with van der Waals surface area (Å²) in [6.07, 6.45) is 3.11. The Balaban J connectivity index is 2.19. The predicted molar refractivity (Wildman–Crippen MR) is 61.3 cm³/mol. The number of benzene rings is 1. The second-order valence-electron chi connectivity index (χ2n) is 2.61. The molecule has 0 bridgehead atoms. The van der Waals surface area contributed by atoms with Gasteiger partial charge in [0, 0.05) is 15.8 Å². The Morgan fingerprint density at radius 2 is 2.14 bits per heavy atom. The van der Waals surface area contributed by atoms with Crippen molar-refractivity contribution in [2.75, 3.05) is 0 Å². The Bertz CT molecular complexity index is 419. The molecule has 0 saturated heterocycles. The zero-order valence-corrected chi connectivity index (χ0v) is 9.38. The molecule has 70 valence electrons. The minimum Gasteiger partial charge on any atom is -0.439 e. The van der Waals surface area contributed by atoms with Crippen LogP contribution in [-0.2, 0) is 0 Å². The maximum Gasteiger partial charge on any atom is 0.222 e. The number of aromatic nitrogens is 2. The average molecular weight is 298 g/mol. The van der Waals surface area contributed by atoms with Crippen LogP contribution in [0.25, 0.3) is 0 Å². The fourth-order valence-corrected chi connectivity index (χ4v) is 1.50. The Hall–Kier alpha value is -1.17. The molecule has 0 aliphatic heterocycles. The van der Waals surface area contributed by atoms with E-state index in [1.54, 1.807) is 12.3 Å². The molecule has 2 aromatic rings. The fraction of sp³-hybridized carbons (Fsp3) is 0. The van der Waals surface area contributed by atoms with Crippen LogP contribution in [0.2, 0.25) is 0 Å². The molecular weight excluding hydrogens is 291 g/mol. The highest BCUT2D eigenvalue weighted by atomic mass is 127. The molecule has 14 heavy (non-hydrogen) atoms. The number of hydrogen-bond acceptors (Lipinski definition) is 3. The van der Waals surface area contributed by atoms with Gasteiger partial charge < -0.3 is 4.74 Å². The van der Waals surface area contributed by atoms with E-state index >= 15 is 0 Å². The Morgan fingerprint density at radius 3 is 2.86 bits per heavy atom. The molecule has 0 unspecified atom stereocenters. The van der Waals surface area contributed by atoms with E-state index in [0.717, 1.165) is 9.32 Å². The SMILES string of the molecule is Ic1cccc(Oc2ccncn2)c1. The second kappa shape index (κ2) is 4.36. The summed E-state index contributed by atoms with van der Waals surface area (Å²) in [5, 5.41) is 0. The van der Waals surface area contributed by atoms with Crippen LogP contribution in [0.4, 0.5) is 0 Å². The Kier molecular flexibility index (Phi) is 2.93. The molecule has 1 aromatic heterocycles. The molecule has 1 heterocycles. The van der Waals surface area contributed by atoms with Gasteiger partial charge in [0.05, 0.1) is 0 Å². The third-order valence-electron chi connectivity index (χ3n) is 1.57. The number of hydrogen-bond donors (Lipinski definition) is 0. The Morgan fingerprint density at radius 1 is 1.21 bits per heavy atom. The molecule has 0 spiro atoms. The molecule has 0 aliphatic rings. The Labute approximate surface area is 95.3 Å². The molecule has 1 aromatic carbocycles. The summed E-state index contributed by atoms with van der Waals surface area (Å²) in [5.74, 6) is 1.35. The van der Waals surface area contributed by atoms with Crippen molar-refractivity contribution in [1.29, 1.82) is 0 Å². The number of rotatable bonds is 2. The second-order valence-corrected chi connectivity index (χ2v) is 3.85. The quantitative estimate of drug-likeness (QED) is 0.800. The van der Waals surface area contributed by atoms with Crippen molar-refractivity contribution < 1.29 is 4.74 Å². The maximum absolute atomic E-state index is 5.50. The molecule has 0 N–H and O–H groups in total. The lowest BCUT2D eigenvalue weighted by atomic mass is 10.3. The fourth-order valence-electron chi connectivity index (χ4n) is 0.990. The highest BCUT2D eigenvalue weighted by Crippen LogP contribution is 2.20. The summed E-state index contributed by atoms with van der Waals surface area (Å²) in [6, 6.07) is 9.51. The summed E-state index contributed by atoms with van der Waals surface area (Å²) in [7, 11) is 0. The van der Waals surface area contributed by atoms with E-state index < -0.39 is 0 Å². The third-order valence-corrected chi connectivity index (χ3v) is 2.24. The monoisotopic (exact) mass is 298 g/mol. The first kappa shape index (κ1) is 9.39. The van der Waals surface area contributed by atoms with Crippen molar-refractivity contribution in [2.24, 2.45) is 0 Å². The van der Waals surface area contributed by atoms with Gasteiger partial charge in [-0.05, 0) is 40.8 Å². The van der Waals surface area contributed by atoms with Crippen molar-refractivity contribution in [3.63, 3.8) is 0 Å². The number of nitrogens with zero attached hydrogens (tertiary/aromatic N) is 2. The van der Waals surface area contributed by atoms with Crippen molar-refractivity contribution in [2.45, 2.75) is 0 Å². The minimum atomic E-state index is 0.557. The third kappa shape index (κ3) is 2.41. The van der Waals surface area contributed by atoms with Gasteiger partial charge >= 0.3 is 0 Å². The van der Waals surface area contributed by atoms with E-state index in [-0.39, 0.29) is 0 Å². The highest BCUT2D eigenvalue weighted by Gasteiger charge is 1.97. The predicted octanol–water partition coefficient (Wildman–Crippen LogP) is 2.87. The summed E-state index contributed by atoms with van der Waals surface area (Å²) in [5.41, 5.74) is 0. The van der Waals surface area contributed by atoms with E-state index in [0.29, 0.717) is 5.88 Å². The van der Waals surface area contributed by atoms with Gasteiger partial charge in [0.15, 0.2) is 0 Å². The molecule has 0 radical (unpaired) electrons. The van der Waals surface area contributed by atoms with Crippen LogP contribution in [0, 0.1) is 3.57 Å². The van der Waals surface area contributed by atoms with E-state index in [9.17, 15) is 0 Å². The molecular formula is C10H7IN2O. The zero-order valence-electron chi connectivity index (χ0n) is 7.22. The van der Waals surface area contributed by atoms with E-state index in [2.05, 4.69) is 32.6 Å². The number of ether oxygens (including phenoxy) is 1. The van der Waals surface area contributed by atoms with Gasteiger partial charge in [-0.25, -0.2) is 9.97 Å². The van der Waals surface area contributed by atoms with E-state index in [4.69, 9.17) is 4.74 Å². The smallest absolute Gasteiger partial charge is 0.222 e. The largest absolute Gasteiger partial charge is 0.439 e. The zero-order chi connectivity index (χ0) is 9.80. The first-order chi connectivity index (χ1) is 6.84. The summed E-state index contributed by atoms with van der Waals surface area (Å²) >= 11 is 2.24. The first-order valence-corrected chi connectivity index (χ1v) is 5.12. The van der Waals surface area contributed by atoms with Gasteiger partial charge in [0.1, 0.15) is 12.1 Å². The molecule has 0 saturated carbocycles. The normalized spacial score (nSPS) is 9.79. The van der Waals surface area contributed by atoms with Crippen molar-refractivity contribution >= 4 is 22.6 Å². The van der Waals surface area contributed by atoms with Crippen LogP contribution in [0.1, 0.15) is 0 Å². The molecule has 0 aliphatic carbocycles. The van der Waals surface area contributed by atoms with Gasteiger partial charge in [0.2, 0.25) is 5.88 Å². The molecule has 3 nitrogen and oxygen atoms in total. The van der Waals surface area contributed by atoms with Gasteiger partial charge in [-0.15, -0.1) is 0 Å². The van der Waals surface area contributed by atoms with Crippen LogP contribution < -0.4 is 4.74 Å². The summed E-state index contributed by atoms with van der Waals surface area (Å²) < 4.78 is 6.64. The van der Waals surface area contributed by atoms with Crippen LogP contribution in [0.5, 0.6) is 11.6 Å². The van der Waals surface area contributed by atoms with Gasteiger partial charge in [-0.1, -0.05) is 6.07 Å². The molecule has 0 atom stereocenters. The van der Waals surface area contributed by atoms with E-state index in [1.165, 1.54) is 6.33 Å². The molecule has 0 fully saturated rings. The molecule has 2 rings (SSSR count). The van der Waals surface area contributed by atoms with Crippen LogP contribution in [0.3, 0.4) is 0 Å². The van der Waals surface area contributed by atoms with Crippen molar-refractivity contribution in [3.8, 4) is 11.6 Å². The topological polar surface area (TPSA) is 35.0 Å². The van der Waals surface area contributed by atoms with Crippen molar-refractivity contribution in [1.82, 2.24) is 9.97 Å².